The van der Waals surface area contributed by atoms with E-state index in [-0.39, 0.29) is 17.9 Å². The van der Waals surface area contributed by atoms with Crippen LogP contribution in [-0.2, 0) is 14.3 Å². The Kier molecular flexibility index (Phi) is 3.46. The number of carbonyl (C=O) groups is 2. The average Bonchev–Trinajstić information content (AvgIpc) is 2.47. The van der Waals surface area contributed by atoms with Crippen LogP contribution in [0.5, 0.6) is 0 Å². The van der Waals surface area contributed by atoms with Gasteiger partial charge in [0.25, 0.3) is 0 Å². The Morgan fingerprint density at radius 3 is 2.69 bits per heavy atom. The van der Waals surface area contributed by atoms with Crippen LogP contribution in [0.25, 0.3) is 0 Å². The van der Waals surface area contributed by atoms with Crippen LogP contribution < -0.4 is 0 Å². The summed E-state index contributed by atoms with van der Waals surface area (Å²) >= 11 is 0. The van der Waals surface area contributed by atoms with E-state index in [0.717, 1.165) is 12.8 Å². The van der Waals surface area contributed by atoms with Crippen molar-refractivity contribution in [1.82, 2.24) is 0 Å². The molecular formula is C10H16O3. The molecule has 3 nitrogen and oxygen atoms in total. The highest BCUT2D eigenvalue weighted by Crippen LogP contribution is 2.25. The normalized spacial score (nSPS) is 27.4. The van der Waals surface area contributed by atoms with E-state index < -0.39 is 5.92 Å². The third kappa shape index (κ3) is 2.29. The van der Waals surface area contributed by atoms with E-state index in [2.05, 4.69) is 0 Å². The molecule has 0 radical (unpaired) electrons. The summed E-state index contributed by atoms with van der Waals surface area (Å²) in [6.45, 7) is 3.90. The monoisotopic (exact) mass is 184 g/mol. The summed E-state index contributed by atoms with van der Waals surface area (Å²) < 4.78 is 5.03. The molecule has 0 aromatic carbocycles. The minimum absolute atomic E-state index is 0.0293. The molecule has 1 aliphatic heterocycles. The van der Waals surface area contributed by atoms with E-state index in [0.29, 0.717) is 12.8 Å². The number of ketones is 1. The van der Waals surface area contributed by atoms with Gasteiger partial charge in [-0.3, -0.25) is 9.59 Å². The largest absolute Gasteiger partial charge is 0.462 e. The van der Waals surface area contributed by atoms with E-state index in [4.69, 9.17) is 4.74 Å². The first-order valence-electron chi connectivity index (χ1n) is 4.92. The summed E-state index contributed by atoms with van der Waals surface area (Å²) in [7, 11) is 0. The fourth-order valence-corrected chi connectivity index (χ4v) is 1.59. The number of esters is 1. The zero-order chi connectivity index (χ0) is 9.84. The van der Waals surface area contributed by atoms with Crippen LogP contribution >= 0.6 is 0 Å². The fraction of sp³-hybridized carbons (Fsp3) is 0.800. The summed E-state index contributed by atoms with van der Waals surface area (Å²) in [5, 5.41) is 0. The number of rotatable bonds is 4. The molecule has 0 aromatic heterocycles. The van der Waals surface area contributed by atoms with Crippen molar-refractivity contribution < 1.29 is 14.3 Å². The lowest BCUT2D eigenvalue weighted by molar-refractivity contribution is -0.146. The summed E-state index contributed by atoms with van der Waals surface area (Å²) in [5.41, 5.74) is 0. The maximum Gasteiger partial charge on any atom is 0.316 e. The molecular weight excluding hydrogens is 168 g/mol. The van der Waals surface area contributed by atoms with Gasteiger partial charge in [0.2, 0.25) is 0 Å². The molecule has 0 bridgehead atoms. The number of ether oxygens (including phenoxy) is 1. The quantitative estimate of drug-likeness (QED) is 0.493. The number of hydrogen-bond donors (Lipinski definition) is 0. The molecule has 1 aliphatic rings. The van der Waals surface area contributed by atoms with Gasteiger partial charge in [0.15, 0.2) is 0 Å². The van der Waals surface area contributed by atoms with Gasteiger partial charge >= 0.3 is 5.97 Å². The molecule has 0 N–H and O–H groups in total. The highest BCUT2D eigenvalue weighted by atomic mass is 16.6. The number of Topliss-reactive ketones (excluding diaryl/α,β-unsaturated/α-hetero) is 1. The first kappa shape index (κ1) is 10.2. The Labute approximate surface area is 78.5 Å². The molecule has 0 amide bonds. The van der Waals surface area contributed by atoms with E-state index in [1.54, 1.807) is 0 Å². The van der Waals surface area contributed by atoms with E-state index in [1.165, 1.54) is 0 Å². The van der Waals surface area contributed by atoms with Crippen molar-refractivity contribution in [2.45, 2.75) is 45.6 Å². The smallest absolute Gasteiger partial charge is 0.316 e. The third-order valence-corrected chi connectivity index (χ3v) is 2.41. The van der Waals surface area contributed by atoms with Crippen LogP contribution in [0.15, 0.2) is 0 Å². The van der Waals surface area contributed by atoms with Crippen molar-refractivity contribution in [3.8, 4) is 0 Å². The molecule has 1 rings (SSSR count). The lowest BCUT2D eigenvalue weighted by Gasteiger charge is -2.02. The topological polar surface area (TPSA) is 43.4 Å². The Morgan fingerprint density at radius 1 is 1.54 bits per heavy atom. The molecule has 0 unspecified atom stereocenters. The summed E-state index contributed by atoms with van der Waals surface area (Å²) in [6.07, 6.45) is 2.67. The van der Waals surface area contributed by atoms with Gasteiger partial charge in [0.1, 0.15) is 17.8 Å². The van der Waals surface area contributed by atoms with Crippen LogP contribution in [0.1, 0.15) is 39.5 Å². The van der Waals surface area contributed by atoms with Gasteiger partial charge in [-0.25, -0.2) is 0 Å². The van der Waals surface area contributed by atoms with Crippen LogP contribution in [0.4, 0.5) is 0 Å². The third-order valence-electron chi connectivity index (χ3n) is 2.41. The Morgan fingerprint density at radius 2 is 2.23 bits per heavy atom. The standard InChI is InChI=1S/C10H16O3/c1-3-5-9(11)8-6-7(4-2)13-10(8)12/h7-8H,3-6H2,1-2H3/t7-,8-/m0/s1. The van der Waals surface area contributed by atoms with Gasteiger partial charge in [-0.05, 0) is 12.8 Å². The molecule has 3 heteroatoms. The second-order valence-corrected chi connectivity index (χ2v) is 3.47. The lowest BCUT2D eigenvalue weighted by atomic mass is 9.96. The van der Waals surface area contributed by atoms with Crippen molar-refractivity contribution in [3.63, 3.8) is 0 Å². The predicted octanol–water partition coefficient (Wildman–Crippen LogP) is 1.70. The minimum atomic E-state index is -0.468. The van der Waals surface area contributed by atoms with Crippen molar-refractivity contribution in [3.05, 3.63) is 0 Å². The Hall–Kier alpha value is -0.860. The van der Waals surface area contributed by atoms with Crippen LogP contribution in [0, 0.1) is 5.92 Å². The fourth-order valence-electron chi connectivity index (χ4n) is 1.59. The van der Waals surface area contributed by atoms with Crippen molar-refractivity contribution in [2.24, 2.45) is 5.92 Å². The maximum atomic E-state index is 11.4. The summed E-state index contributed by atoms with van der Waals surface area (Å²) in [5.74, 6) is -0.737. The van der Waals surface area contributed by atoms with Gasteiger partial charge in [-0.2, -0.15) is 0 Å². The zero-order valence-corrected chi connectivity index (χ0v) is 8.21. The SMILES string of the molecule is CCCC(=O)[C@@H]1C[C@H](CC)OC1=O. The Bertz CT molecular complexity index is 210. The van der Waals surface area contributed by atoms with Crippen molar-refractivity contribution in [2.75, 3.05) is 0 Å². The average molecular weight is 184 g/mol. The second-order valence-electron chi connectivity index (χ2n) is 3.47. The highest BCUT2D eigenvalue weighted by Gasteiger charge is 2.37. The molecule has 2 atom stereocenters. The molecule has 74 valence electrons. The van der Waals surface area contributed by atoms with Gasteiger partial charge < -0.3 is 4.74 Å². The zero-order valence-electron chi connectivity index (χ0n) is 8.21. The van der Waals surface area contributed by atoms with Crippen LogP contribution in [0.2, 0.25) is 0 Å². The van der Waals surface area contributed by atoms with Gasteiger partial charge in [-0.1, -0.05) is 13.8 Å². The highest BCUT2D eigenvalue weighted by molar-refractivity contribution is 6.00. The van der Waals surface area contributed by atoms with Crippen molar-refractivity contribution in [1.29, 1.82) is 0 Å². The number of hydrogen-bond acceptors (Lipinski definition) is 3. The molecule has 0 spiro atoms. The molecule has 13 heavy (non-hydrogen) atoms. The molecule has 0 saturated carbocycles. The van der Waals surface area contributed by atoms with Gasteiger partial charge in [0, 0.05) is 12.8 Å². The van der Waals surface area contributed by atoms with Crippen LogP contribution in [0.3, 0.4) is 0 Å². The van der Waals surface area contributed by atoms with Gasteiger partial charge in [-0.15, -0.1) is 0 Å². The number of carbonyl (C=O) groups excluding carboxylic acids is 2. The summed E-state index contributed by atoms with van der Waals surface area (Å²) in [4.78, 5) is 22.6. The lowest BCUT2D eigenvalue weighted by Crippen LogP contribution is -2.18. The molecule has 0 aromatic rings. The minimum Gasteiger partial charge on any atom is -0.462 e. The predicted molar refractivity (Wildman–Crippen MR) is 48.2 cm³/mol. The first-order valence-corrected chi connectivity index (χ1v) is 4.92. The Balaban J connectivity index is 2.52. The van der Waals surface area contributed by atoms with E-state index >= 15 is 0 Å². The molecule has 1 heterocycles. The van der Waals surface area contributed by atoms with Crippen molar-refractivity contribution >= 4 is 11.8 Å². The second kappa shape index (κ2) is 4.40. The molecule has 1 saturated heterocycles. The summed E-state index contributed by atoms with van der Waals surface area (Å²) in [6, 6.07) is 0. The van der Waals surface area contributed by atoms with E-state index in [9.17, 15) is 9.59 Å². The number of cyclic esters (lactones) is 1. The first-order chi connectivity index (χ1) is 6.19. The maximum absolute atomic E-state index is 11.4. The molecule has 1 fully saturated rings. The van der Waals surface area contributed by atoms with E-state index in [1.807, 2.05) is 13.8 Å². The molecule has 0 aliphatic carbocycles. The van der Waals surface area contributed by atoms with Crippen LogP contribution in [-0.4, -0.2) is 17.9 Å². The van der Waals surface area contributed by atoms with Gasteiger partial charge in [0.05, 0.1) is 0 Å².